The summed E-state index contributed by atoms with van der Waals surface area (Å²) in [6.07, 6.45) is 5.55. The molecule has 0 saturated heterocycles. The molecule has 2 heterocycles. The molecule has 1 fully saturated rings. The molecule has 1 N–H and O–H groups in total. The van der Waals surface area contributed by atoms with E-state index in [-0.39, 0.29) is 30.6 Å². The topological polar surface area (TPSA) is 83.7 Å². The molecule has 28 heavy (non-hydrogen) atoms. The Bertz CT molecular complexity index is 633. The molecule has 0 radical (unpaired) electrons. The number of aliphatic hydroxyl groups is 1. The van der Waals surface area contributed by atoms with Crippen LogP contribution in [0.3, 0.4) is 0 Å². The molecular formula is C20H35N5O3. The van der Waals surface area contributed by atoms with Crippen LogP contribution in [0.4, 0.5) is 0 Å². The Morgan fingerprint density at radius 3 is 2.89 bits per heavy atom. The molecular weight excluding hydrogens is 358 g/mol. The fourth-order valence-corrected chi connectivity index (χ4v) is 3.87. The maximum absolute atomic E-state index is 12.8. The number of carbonyl (C=O) groups excluding carboxylic acids is 1. The van der Waals surface area contributed by atoms with Crippen molar-refractivity contribution in [3.05, 3.63) is 11.9 Å². The number of fused-ring (bicyclic) bond motifs is 1. The number of aromatic nitrogens is 3. The van der Waals surface area contributed by atoms with Crippen LogP contribution in [-0.4, -0.2) is 81.2 Å². The average molecular weight is 394 g/mol. The number of aliphatic hydroxyl groups excluding tert-OH is 1. The van der Waals surface area contributed by atoms with E-state index in [2.05, 4.69) is 29.2 Å². The van der Waals surface area contributed by atoms with Crippen LogP contribution in [0.15, 0.2) is 6.20 Å². The minimum Gasteiger partial charge on any atom is -0.394 e. The van der Waals surface area contributed by atoms with Crippen LogP contribution in [0, 0.1) is 11.8 Å². The normalized spacial score (nSPS) is 25.9. The Morgan fingerprint density at radius 1 is 1.39 bits per heavy atom. The standard InChI is InChI=1S/C20H35N5O3/c1-15-10-24(16(2)13-26)20(27)5-4-8-25-18(9-21-22-25)14-28-19(15)12-23(3)11-17-6-7-17/h9,15-17,19,26H,4-8,10-14H2,1-3H3/t15-,16-,19-/m1/s1. The molecule has 0 unspecified atom stereocenters. The number of ether oxygens (including phenoxy) is 1. The van der Waals surface area contributed by atoms with Gasteiger partial charge in [0.05, 0.1) is 37.3 Å². The van der Waals surface area contributed by atoms with Gasteiger partial charge in [0, 0.05) is 38.5 Å². The molecule has 1 aromatic heterocycles. The minimum atomic E-state index is -0.190. The van der Waals surface area contributed by atoms with Gasteiger partial charge in [0.15, 0.2) is 0 Å². The van der Waals surface area contributed by atoms with E-state index < -0.39 is 0 Å². The lowest BCUT2D eigenvalue weighted by Gasteiger charge is -2.35. The van der Waals surface area contributed by atoms with Crippen LogP contribution in [-0.2, 0) is 22.7 Å². The smallest absolute Gasteiger partial charge is 0.222 e. The van der Waals surface area contributed by atoms with Crippen LogP contribution < -0.4 is 0 Å². The molecule has 158 valence electrons. The third-order valence-electron chi connectivity index (χ3n) is 5.90. The van der Waals surface area contributed by atoms with Crippen molar-refractivity contribution in [1.82, 2.24) is 24.8 Å². The van der Waals surface area contributed by atoms with Gasteiger partial charge >= 0.3 is 0 Å². The summed E-state index contributed by atoms with van der Waals surface area (Å²) in [6.45, 7) is 7.66. The highest BCUT2D eigenvalue weighted by Gasteiger charge is 2.29. The highest BCUT2D eigenvalue weighted by atomic mass is 16.5. The maximum Gasteiger partial charge on any atom is 0.222 e. The monoisotopic (exact) mass is 393 g/mol. The third-order valence-corrected chi connectivity index (χ3v) is 5.90. The van der Waals surface area contributed by atoms with Crippen molar-refractivity contribution in [2.24, 2.45) is 11.8 Å². The predicted molar refractivity (Wildman–Crippen MR) is 105 cm³/mol. The van der Waals surface area contributed by atoms with Gasteiger partial charge in [-0.2, -0.15) is 0 Å². The molecule has 0 spiro atoms. The van der Waals surface area contributed by atoms with E-state index in [1.54, 1.807) is 6.20 Å². The number of carbonyl (C=O) groups is 1. The first kappa shape index (κ1) is 21.2. The fraction of sp³-hybridized carbons (Fsp3) is 0.850. The van der Waals surface area contributed by atoms with E-state index in [0.717, 1.165) is 24.7 Å². The van der Waals surface area contributed by atoms with Crippen molar-refractivity contribution in [3.8, 4) is 0 Å². The number of likely N-dealkylation sites (N-methyl/N-ethyl adjacent to an activating group) is 1. The van der Waals surface area contributed by atoms with Crippen molar-refractivity contribution >= 4 is 5.91 Å². The number of amides is 1. The fourth-order valence-electron chi connectivity index (χ4n) is 3.87. The van der Waals surface area contributed by atoms with E-state index >= 15 is 0 Å². The summed E-state index contributed by atoms with van der Waals surface area (Å²) in [5.74, 6) is 1.06. The molecule has 8 nitrogen and oxygen atoms in total. The first-order chi connectivity index (χ1) is 13.5. The van der Waals surface area contributed by atoms with Gasteiger partial charge in [-0.1, -0.05) is 12.1 Å². The van der Waals surface area contributed by atoms with Gasteiger partial charge in [-0.3, -0.25) is 4.79 Å². The summed E-state index contributed by atoms with van der Waals surface area (Å²) in [5, 5.41) is 17.8. The minimum absolute atomic E-state index is 0.00674. The Hall–Kier alpha value is -1.51. The highest BCUT2D eigenvalue weighted by Crippen LogP contribution is 2.29. The number of rotatable bonds is 6. The average Bonchev–Trinajstić information content (AvgIpc) is 3.37. The first-order valence-electron chi connectivity index (χ1n) is 10.6. The third kappa shape index (κ3) is 5.75. The number of hydrogen-bond acceptors (Lipinski definition) is 6. The van der Waals surface area contributed by atoms with Gasteiger partial charge in [-0.25, -0.2) is 4.68 Å². The SMILES string of the molecule is C[C@@H]1CN([C@H](C)CO)C(=O)CCCn2nncc2CO[C@@H]1CN(C)CC1CC1. The molecule has 0 aromatic carbocycles. The second-order valence-electron chi connectivity index (χ2n) is 8.62. The van der Waals surface area contributed by atoms with E-state index in [4.69, 9.17) is 4.74 Å². The zero-order chi connectivity index (χ0) is 20.1. The molecule has 1 amide bonds. The van der Waals surface area contributed by atoms with Gasteiger partial charge < -0.3 is 19.6 Å². The summed E-state index contributed by atoms with van der Waals surface area (Å²) in [5.41, 5.74) is 0.954. The summed E-state index contributed by atoms with van der Waals surface area (Å²) >= 11 is 0. The molecule has 3 rings (SSSR count). The quantitative estimate of drug-likeness (QED) is 0.780. The Balaban J connectivity index is 1.75. The van der Waals surface area contributed by atoms with Crippen molar-refractivity contribution < 1.29 is 14.6 Å². The number of aryl methyl sites for hydroxylation is 1. The molecule has 2 aliphatic rings. The van der Waals surface area contributed by atoms with E-state index in [9.17, 15) is 9.90 Å². The van der Waals surface area contributed by atoms with Gasteiger partial charge in [0.25, 0.3) is 0 Å². The van der Waals surface area contributed by atoms with Crippen LogP contribution in [0.2, 0.25) is 0 Å². The first-order valence-corrected chi connectivity index (χ1v) is 10.6. The lowest BCUT2D eigenvalue weighted by atomic mass is 10.0. The van der Waals surface area contributed by atoms with Crippen molar-refractivity contribution in [3.63, 3.8) is 0 Å². The largest absolute Gasteiger partial charge is 0.394 e. The number of hydrogen-bond donors (Lipinski definition) is 1. The molecule has 1 aromatic rings. The molecule has 8 heteroatoms. The zero-order valence-corrected chi connectivity index (χ0v) is 17.5. The van der Waals surface area contributed by atoms with Gasteiger partial charge in [0.2, 0.25) is 5.91 Å². The Kier molecular flexibility index (Phi) is 7.42. The predicted octanol–water partition coefficient (Wildman–Crippen LogP) is 1.14. The van der Waals surface area contributed by atoms with Gasteiger partial charge in [-0.15, -0.1) is 5.10 Å². The van der Waals surface area contributed by atoms with E-state index in [1.807, 2.05) is 16.5 Å². The molecule has 1 saturated carbocycles. The highest BCUT2D eigenvalue weighted by molar-refractivity contribution is 5.76. The van der Waals surface area contributed by atoms with Crippen LogP contribution in [0.25, 0.3) is 0 Å². The summed E-state index contributed by atoms with van der Waals surface area (Å²) in [7, 11) is 2.15. The van der Waals surface area contributed by atoms with Crippen molar-refractivity contribution in [1.29, 1.82) is 0 Å². The van der Waals surface area contributed by atoms with Crippen LogP contribution in [0.1, 0.15) is 45.2 Å². The molecule has 1 aliphatic heterocycles. The second-order valence-corrected chi connectivity index (χ2v) is 8.62. The molecule has 3 atom stereocenters. The lowest BCUT2D eigenvalue weighted by Crippen LogP contribution is -2.47. The summed E-state index contributed by atoms with van der Waals surface area (Å²) < 4.78 is 8.18. The molecule has 1 aliphatic carbocycles. The summed E-state index contributed by atoms with van der Waals surface area (Å²) in [6, 6.07) is -0.190. The van der Waals surface area contributed by atoms with E-state index in [1.165, 1.54) is 12.8 Å². The second kappa shape index (κ2) is 9.80. The van der Waals surface area contributed by atoms with Gasteiger partial charge in [0.1, 0.15) is 0 Å². The van der Waals surface area contributed by atoms with Crippen LogP contribution in [0.5, 0.6) is 0 Å². The van der Waals surface area contributed by atoms with Crippen LogP contribution >= 0.6 is 0 Å². The van der Waals surface area contributed by atoms with Gasteiger partial charge in [-0.05, 0) is 39.2 Å². The van der Waals surface area contributed by atoms with Crippen molar-refractivity contribution in [2.75, 3.05) is 33.3 Å². The Labute approximate surface area is 167 Å². The number of nitrogens with zero attached hydrogens (tertiary/aromatic N) is 5. The molecule has 0 bridgehead atoms. The lowest BCUT2D eigenvalue weighted by molar-refractivity contribution is -0.136. The van der Waals surface area contributed by atoms with Crippen molar-refractivity contribution in [2.45, 2.75) is 64.8 Å². The zero-order valence-electron chi connectivity index (χ0n) is 17.5. The maximum atomic E-state index is 12.8. The van der Waals surface area contributed by atoms with E-state index in [0.29, 0.717) is 32.5 Å². The Morgan fingerprint density at radius 2 is 2.18 bits per heavy atom. The summed E-state index contributed by atoms with van der Waals surface area (Å²) in [4.78, 5) is 17.0.